The highest BCUT2D eigenvalue weighted by atomic mass is 32.2. The highest BCUT2D eigenvalue weighted by molar-refractivity contribution is 8.01. The molecule has 0 aliphatic rings. The molecule has 0 saturated heterocycles. The fourth-order valence-electron chi connectivity index (χ4n) is 1.59. The van der Waals surface area contributed by atoms with Crippen LogP contribution in [0.2, 0.25) is 0 Å². The van der Waals surface area contributed by atoms with Crippen molar-refractivity contribution >= 4 is 23.6 Å². The van der Waals surface area contributed by atoms with Gasteiger partial charge in [0.2, 0.25) is 11.8 Å². The van der Waals surface area contributed by atoms with Crippen LogP contribution in [0.5, 0.6) is 0 Å². The Hall–Kier alpha value is -1.49. The van der Waals surface area contributed by atoms with Gasteiger partial charge in [-0.05, 0) is 5.56 Å². The third kappa shape index (κ3) is 6.61. The number of carbonyl (C=O) groups excluding carboxylic acids is 2. The normalized spacial score (nSPS) is 12.8. The van der Waals surface area contributed by atoms with Crippen LogP contribution in [-0.2, 0) is 16.0 Å². The summed E-state index contributed by atoms with van der Waals surface area (Å²) in [7, 11) is 0. The van der Waals surface area contributed by atoms with Crippen LogP contribution in [0.1, 0.15) is 26.3 Å². The summed E-state index contributed by atoms with van der Waals surface area (Å²) in [6, 6.07) is 8.85. The lowest BCUT2D eigenvalue weighted by Gasteiger charge is -2.19. The van der Waals surface area contributed by atoms with E-state index in [1.165, 1.54) is 11.8 Å². The van der Waals surface area contributed by atoms with E-state index in [4.69, 9.17) is 5.73 Å². The Labute approximate surface area is 124 Å². The molecule has 4 nitrogen and oxygen atoms in total. The number of thioether (sulfide) groups is 1. The average molecular weight is 294 g/mol. The van der Waals surface area contributed by atoms with Crippen molar-refractivity contribution in [3.8, 4) is 0 Å². The van der Waals surface area contributed by atoms with Crippen LogP contribution in [-0.4, -0.2) is 28.4 Å². The molecule has 3 N–H and O–H groups in total. The minimum Gasteiger partial charge on any atom is -0.368 e. The van der Waals surface area contributed by atoms with Crippen molar-refractivity contribution in [3.05, 3.63) is 35.9 Å². The minimum atomic E-state index is -0.662. The molecule has 20 heavy (non-hydrogen) atoms. The first-order chi connectivity index (χ1) is 9.28. The van der Waals surface area contributed by atoms with Gasteiger partial charge < -0.3 is 11.1 Å². The Kier molecular flexibility index (Phi) is 6.07. The molecule has 0 bridgehead atoms. The highest BCUT2D eigenvalue weighted by Gasteiger charge is 2.20. The van der Waals surface area contributed by atoms with Gasteiger partial charge in [0.25, 0.3) is 0 Å². The quantitative estimate of drug-likeness (QED) is 0.839. The summed E-state index contributed by atoms with van der Waals surface area (Å²) in [4.78, 5) is 23.3. The van der Waals surface area contributed by atoms with Crippen LogP contribution in [0, 0.1) is 0 Å². The van der Waals surface area contributed by atoms with E-state index in [1.807, 2.05) is 51.1 Å². The molecule has 2 amide bonds. The van der Waals surface area contributed by atoms with E-state index in [9.17, 15) is 9.59 Å². The average Bonchev–Trinajstić information content (AvgIpc) is 2.36. The van der Waals surface area contributed by atoms with Crippen molar-refractivity contribution in [2.45, 2.75) is 38.0 Å². The smallest absolute Gasteiger partial charge is 0.240 e. The summed E-state index contributed by atoms with van der Waals surface area (Å²) in [5.74, 6) is -0.352. The number of primary amides is 1. The van der Waals surface area contributed by atoms with Crippen LogP contribution in [0.15, 0.2) is 30.3 Å². The first-order valence-electron chi connectivity index (χ1n) is 6.54. The van der Waals surface area contributed by atoms with E-state index >= 15 is 0 Å². The molecule has 110 valence electrons. The van der Waals surface area contributed by atoms with Gasteiger partial charge in [-0.1, -0.05) is 51.1 Å². The zero-order chi connectivity index (χ0) is 15.2. The molecule has 0 aliphatic heterocycles. The van der Waals surface area contributed by atoms with E-state index in [1.54, 1.807) is 0 Å². The summed E-state index contributed by atoms with van der Waals surface area (Å²) in [6.45, 7) is 6.13. The molecule has 0 aliphatic carbocycles. The molecule has 5 heteroatoms. The van der Waals surface area contributed by atoms with Crippen LogP contribution < -0.4 is 11.1 Å². The SMILES string of the molecule is CC(C)(C)SCC(=O)NC(Cc1ccccc1)C(N)=O. The molecule has 0 heterocycles. The Morgan fingerprint density at radius 1 is 1.25 bits per heavy atom. The molecule has 1 aromatic carbocycles. The molecule has 0 aromatic heterocycles. The summed E-state index contributed by atoms with van der Waals surface area (Å²) in [6.07, 6.45) is 0.419. The number of amides is 2. The maximum Gasteiger partial charge on any atom is 0.240 e. The van der Waals surface area contributed by atoms with E-state index in [0.717, 1.165) is 5.56 Å². The van der Waals surface area contributed by atoms with Gasteiger partial charge in [0.15, 0.2) is 0 Å². The largest absolute Gasteiger partial charge is 0.368 e. The van der Waals surface area contributed by atoms with Crippen molar-refractivity contribution in [1.29, 1.82) is 0 Å². The van der Waals surface area contributed by atoms with Crippen molar-refractivity contribution < 1.29 is 9.59 Å². The molecule has 0 radical (unpaired) electrons. The Morgan fingerprint density at radius 3 is 2.35 bits per heavy atom. The molecule has 0 spiro atoms. The molecule has 1 aromatic rings. The van der Waals surface area contributed by atoms with Crippen molar-refractivity contribution in [3.63, 3.8) is 0 Å². The van der Waals surface area contributed by atoms with Crippen molar-refractivity contribution in [2.24, 2.45) is 5.73 Å². The molecule has 0 saturated carbocycles. The van der Waals surface area contributed by atoms with Gasteiger partial charge in [-0.2, -0.15) is 0 Å². The van der Waals surface area contributed by atoms with E-state index < -0.39 is 11.9 Å². The fourth-order valence-corrected chi connectivity index (χ4v) is 2.24. The zero-order valence-corrected chi connectivity index (χ0v) is 13.0. The summed E-state index contributed by atoms with van der Waals surface area (Å²) in [5, 5.41) is 2.70. The highest BCUT2D eigenvalue weighted by Crippen LogP contribution is 2.22. The predicted octanol–water partition coefficient (Wildman–Crippen LogP) is 1.73. The van der Waals surface area contributed by atoms with Gasteiger partial charge in [0, 0.05) is 11.2 Å². The number of rotatable bonds is 6. The van der Waals surface area contributed by atoms with E-state index in [-0.39, 0.29) is 10.7 Å². The number of nitrogens with one attached hydrogen (secondary N) is 1. The first-order valence-corrected chi connectivity index (χ1v) is 7.53. The third-order valence-electron chi connectivity index (χ3n) is 2.60. The number of hydrogen-bond acceptors (Lipinski definition) is 3. The second kappa shape index (κ2) is 7.33. The molecule has 0 fully saturated rings. The number of hydrogen-bond donors (Lipinski definition) is 2. The van der Waals surface area contributed by atoms with Crippen LogP contribution >= 0.6 is 11.8 Å². The maximum atomic E-state index is 11.9. The minimum absolute atomic E-state index is 0.0129. The van der Waals surface area contributed by atoms with E-state index in [0.29, 0.717) is 12.2 Å². The van der Waals surface area contributed by atoms with Gasteiger partial charge in [-0.15, -0.1) is 11.8 Å². The lowest BCUT2D eigenvalue weighted by Crippen LogP contribution is -2.46. The van der Waals surface area contributed by atoms with Gasteiger partial charge in [-0.25, -0.2) is 0 Å². The molecular formula is C15H22N2O2S. The summed E-state index contributed by atoms with van der Waals surface area (Å²) >= 11 is 1.54. The lowest BCUT2D eigenvalue weighted by atomic mass is 10.1. The van der Waals surface area contributed by atoms with Gasteiger partial charge in [0.05, 0.1) is 5.75 Å². The fraction of sp³-hybridized carbons (Fsp3) is 0.467. The Bertz CT molecular complexity index is 455. The second-order valence-corrected chi connectivity index (χ2v) is 7.42. The molecule has 1 unspecified atom stereocenters. The zero-order valence-electron chi connectivity index (χ0n) is 12.2. The Morgan fingerprint density at radius 2 is 1.85 bits per heavy atom. The second-order valence-electron chi connectivity index (χ2n) is 5.61. The number of carbonyl (C=O) groups is 2. The Balaban J connectivity index is 2.55. The van der Waals surface area contributed by atoms with E-state index in [2.05, 4.69) is 5.32 Å². The standard InChI is InChI=1S/C15H22N2O2S/c1-15(2,3)20-10-13(18)17-12(14(16)19)9-11-7-5-4-6-8-11/h4-8,12H,9-10H2,1-3H3,(H2,16,19)(H,17,18). The van der Waals surface area contributed by atoms with Gasteiger partial charge >= 0.3 is 0 Å². The summed E-state index contributed by atoms with van der Waals surface area (Å²) < 4.78 is 0.0129. The number of nitrogens with two attached hydrogens (primary N) is 1. The first kappa shape index (κ1) is 16.6. The van der Waals surface area contributed by atoms with Crippen molar-refractivity contribution in [1.82, 2.24) is 5.32 Å². The topological polar surface area (TPSA) is 72.2 Å². The number of benzene rings is 1. The summed E-state index contributed by atoms with van der Waals surface area (Å²) in [5.41, 5.74) is 6.33. The van der Waals surface area contributed by atoms with Crippen molar-refractivity contribution in [2.75, 3.05) is 5.75 Å². The predicted molar refractivity (Wildman–Crippen MR) is 83.5 cm³/mol. The lowest BCUT2D eigenvalue weighted by molar-refractivity contribution is -0.125. The van der Waals surface area contributed by atoms with Crippen LogP contribution in [0.25, 0.3) is 0 Å². The maximum absolute atomic E-state index is 11.9. The van der Waals surface area contributed by atoms with Gasteiger partial charge in [-0.3, -0.25) is 9.59 Å². The third-order valence-corrected chi connectivity index (χ3v) is 3.87. The monoisotopic (exact) mass is 294 g/mol. The molecular weight excluding hydrogens is 272 g/mol. The molecule has 1 atom stereocenters. The van der Waals surface area contributed by atoms with Crippen LogP contribution in [0.4, 0.5) is 0 Å². The van der Waals surface area contributed by atoms with Gasteiger partial charge in [0.1, 0.15) is 6.04 Å². The van der Waals surface area contributed by atoms with Crippen LogP contribution in [0.3, 0.4) is 0 Å². The molecule has 1 rings (SSSR count).